The van der Waals surface area contributed by atoms with E-state index in [-0.39, 0.29) is 6.54 Å². The average molecular weight is 257 g/mol. The molecular weight excluding hydrogens is 242 g/mol. The number of aliphatic hydroxyl groups excluding tert-OH is 4. The number of hydrogen-bond donors (Lipinski definition) is 5. The fourth-order valence-electron chi connectivity index (χ4n) is 1.41. The molecule has 96 valence electrons. The van der Waals surface area contributed by atoms with Crippen molar-refractivity contribution in [3.8, 4) is 0 Å². The van der Waals surface area contributed by atoms with Crippen LogP contribution in [0.4, 0.5) is 0 Å². The van der Waals surface area contributed by atoms with Gasteiger partial charge < -0.3 is 30.9 Å². The minimum Gasteiger partial charge on any atom is -0.387 e. The van der Waals surface area contributed by atoms with Crippen LogP contribution in [0, 0.1) is 0 Å². The Morgan fingerprint density at radius 3 is 2.19 bits per heavy atom. The summed E-state index contributed by atoms with van der Waals surface area (Å²) in [7, 11) is -3.95. The van der Waals surface area contributed by atoms with Gasteiger partial charge in [-0.2, -0.15) is 0 Å². The van der Waals surface area contributed by atoms with E-state index in [0.717, 1.165) is 0 Å². The predicted molar refractivity (Wildman–Crippen MR) is 51.7 cm³/mol. The zero-order valence-corrected chi connectivity index (χ0v) is 9.12. The van der Waals surface area contributed by atoms with Gasteiger partial charge >= 0.3 is 0 Å². The summed E-state index contributed by atoms with van der Waals surface area (Å²) in [5, 5.41) is 36.9. The van der Waals surface area contributed by atoms with E-state index in [1.807, 2.05) is 0 Å². The van der Waals surface area contributed by atoms with Crippen LogP contribution in [0.15, 0.2) is 0 Å². The highest BCUT2D eigenvalue weighted by molar-refractivity contribution is 7.91. The molecule has 1 rings (SSSR count). The molecule has 0 saturated carbocycles. The largest absolute Gasteiger partial charge is 0.387 e. The van der Waals surface area contributed by atoms with E-state index in [9.17, 15) is 18.6 Å². The predicted octanol–water partition coefficient (Wildman–Crippen LogP) is -3.88. The molecule has 1 fully saturated rings. The number of ether oxygens (including phenoxy) is 1. The van der Waals surface area contributed by atoms with E-state index in [1.54, 1.807) is 0 Å². The van der Waals surface area contributed by atoms with Crippen LogP contribution in [0.2, 0.25) is 0 Å². The number of nitrogens with two attached hydrogens (primary N) is 1. The number of hydrogen-bond acceptors (Lipinski definition) is 8. The SMILES string of the molecule is NCCS(=O)(=O)C(O)[C@H]1OC(O)[C@H](O)[C@@H]1O. The third kappa shape index (κ3) is 2.51. The smallest absolute Gasteiger partial charge is 0.184 e. The van der Waals surface area contributed by atoms with Gasteiger partial charge in [0.15, 0.2) is 21.6 Å². The number of rotatable bonds is 4. The molecule has 9 heteroatoms. The van der Waals surface area contributed by atoms with Gasteiger partial charge in [0.1, 0.15) is 18.3 Å². The maximum Gasteiger partial charge on any atom is 0.184 e. The molecule has 8 nitrogen and oxygen atoms in total. The van der Waals surface area contributed by atoms with Crippen molar-refractivity contribution in [1.82, 2.24) is 0 Å². The van der Waals surface area contributed by atoms with Crippen LogP contribution in [0.5, 0.6) is 0 Å². The third-order valence-corrected chi connectivity index (χ3v) is 4.14. The molecule has 2 unspecified atom stereocenters. The highest BCUT2D eigenvalue weighted by Crippen LogP contribution is 2.24. The van der Waals surface area contributed by atoms with Crippen molar-refractivity contribution in [2.75, 3.05) is 12.3 Å². The van der Waals surface area contributed by atoms with Crippen LogP contribution in [-0.4, -0.2) is 71.2 Å². The molecule has 5 atom stereocenters. The van der Waals surface area contributed by atoms with Crippen LogP contribution in [0.25, 0.3) is 0 Å². The zero-order chi connectivity index (χ0) is 12.5. The molecule has 0 aromatic rings. The Balaban J connectivity index is 2.80. The normalized spacial score (nSPS) is 37.6. The van der Waals surface area contributed by atoms with Crippen molar-refractivity contribution < 1.29 is 33.6 Å². The Hall–Kier alpha value is -0.290. The van der Waals surface area contributed by atoms with E-state index in [0.29, 0.717) is 0 Å². The molecule has 0 aliphatic carbocycles. The van der Waals surface area contributed by atoms with Crippen LogP contribution >= 0.6 is 0 Å². The summed E-state index contributed by atoms with van der Waals surface area (Å²) in [6.45, 7) is -0.187. The molecule has 1 aliphatic heterocycles. The van der Waals surface area contributed by atoms with Gasteiger partial charge in [-0.25, -0.2) is 8.42 Å². The lowest BCUT2D eigenvalue weighted by Crippen LogP contribution is -2.44. The summed E-state index contributed by atoms with van der Waals surface area (Å²) < 4.78 is 27.3. The number of aliphatic hydroxyl groups is 4. The van der Waals surface area contributed by atoms with E-state index in [4.69, 9.17) is 15.9 Å². The van der Waals surface area contributed by atoms with Gasteiger partial charge in [0.2, 0.25) is 0 Å². The highest BCUT2D eigenvalue weighted by atomic mass is 32.2. The van der Waals surface area contributed by atoms with Crippen molar-refractivity contribution in [3.05, 3.63) is 0 Å². The molecule has 1 heterocycles. The van der Waals surface area contributed by atoms with Crippen LogP contribution in [0.3, 0.4) is 0 Å². The van der Waals surface area contributed by atoms with Gasteiger partial charge in [-0.3, -0.25) is 0 Å². The molecule has 1 aliphatic rings. The lowest BCUT2D eigenvalue weighted by molar-refractivity contribution is -0.136. The Bertz CT molecular complexity index is 332. The fourth-order valence-corrected chi connectivity index (χ4v) is 2.61. The van der Waals surface area contributed by atoms with Crippen LogP contribution in [0.1, 0.15) is 0 Å². The van der Waals surface area contributed by atoms with Crippen molar-refractivity contribution in [1.29, 1.82) is 0 Å². The monoisotopic (exact) mass is 257 g/mol. The quantitative estimate of drug-likeness (QED) is 0.343. The number of sulfone groups is 1. The van der Waals surface area contributed by atoms with Crippen molar-refractivity contribution in [2.24, 2.45) is 5.73 Å². The molecule has 0 aromatic carbocycles. The summed E-state index contributed by atoms with van der Waals surface area (Å²) in [6.07, 6.45) is -6.62. The summed E-state index contributed by atoms with van der Waals surface area (Å²) in [5.41, 5.74) is 3.02. The first-order chi connectivity index (χ1) is 7.31. The summed E-state index contributed by atoms with van der Waals surface area (Å²) in [4.78, 5) is 0. The molecule has 0 radical (unpaired) electrons. The summed E-state index contributed by atoms with van der Waals surface area (Å²) >= 11 is 0. The Morgan fingerprint density at radius 1 is 1.25 bits per heavy atom. The molecule has 0 spiro atoms. The first kappa shape index (κ1) is 13.8. The van der Waals surface area contributed by atoms with E-state index < -0.39 is 45.6 Å². The van der Waals surface area contributed by atoms with E-state index in [1.165, 1.54) is 0 Å². The minimum atomic E-state index is -3.95. The minimum absolute atomic E-state index is 0.187. The van der Waals surface area contributed by atoms with Gasteiger partial charge in [0, 0.05) is 6.54 Å². The summed E-state index contributed by atoms with van der Waals surface area (Å²) in [5.74, 6) is -0.479. The van der Waals surface area contributed by atoms with Gasteiger partial charge in [-0.05, 0) is 0 Å². The van der Waals surface area contributed by atoms with Crippen molar-refractivity contribution in [2.45, 2.75) is 30.0 Å². The van der Waals surface area contributed by atoms with Gasteiger partial charge in [-0.15, -0.1) is 0 Å². The molecule has 1 saturated heterocycles. The molecule has 0 aromatic heterocycles. The van der Waals surface area contributed by atoms with E-state index >= 15 is 0 Å². The molecule has 16 heavy (non-hydrogen) atoms. The second kappa shape index (κ2) is 4.92. The standard InChI is InChI=1S/C7H15NO7S/c8-1-2-16(13,14)7(12)5-3(9)4(10)6(11)15-5/h3-7,9-12H,1-2,8H2/t3-,4+,5-,6?,7?/m0/s1. The molecular formula is C7H15NO7S. The molecule has 6 N–H and O–H groups in total. The average Bonchev–Trinajstić information content (AvgIpc) is 2.45. The second-order valence-corrected chi connectivity index (χ2v) is 5.74. The first-order valence-electron chi connectivity index (χ1n) is 4.60. The van der Waals surface area contributed by atoms with Crippen molar-refractivity contribution in [3.63, 3.8) is 0 Å². The van der Waals surface area contributed by atoms with E-state index in [2.05, 4.69) is 4.74 Å². The summed E-state index contributed by atoms with van der Waals surface area (Å²) in [6, 6.07) is 0. The highest BCUT2D eigenvalue weighted by Gasteiger charge is 2.48. The second-order valence-electron chi connectivity index (χ2n) is 3.52. The third-order valence-electron chi connectivity index (χ3n) is 2.33. The van der Waals surface area contributed by atoms with Gasteiger partial charge in [0.25, 0.3) is 0 Å². The van der Waals surface area contributed by atoms with Crippen LogP contribution < -0.4 is 5.73 Å². The molecule has 0 bridgehead atoms. The Kier molecular flexibility index (Phi) is 4.23. The topological polar surface area (TPSA) is 150 Å². The first-order valence-corrected chi connectivity index (χ1v) is 6.32. The van der Waals surface area contributed by atoms with Crippen molar-refractivity contribution >= 4 is 9.84 Å². The lowest BCUT2D eigenvalue weighted by atomic mass is 10.1. The Morgan fingerprint density at radius 2 is 1.81 bits per heavy atom. The maximum absolute atomic E-state index is 11.4. The van der Waals surface area contributed by atoms with Crippen LogP contribution in [-0.2, 0) is 14.6 Å². The maximum atomic E-state index is 11.4. The van der Waals surface area contributed by atoms with Gasteiger partial charge in [-0.1, -0.05) is 0 Å². The zero-order valence-electron chi connectivity index (χ0n) is 8.30. The Labute approximate surface area is 92.2 Å². The fraction of sp³-hybridized carbons (Fsp3) is 1.00. The lowest BCUT2D eigenvalue weighted by Gasteiger charge is -2.20. The molecule has 0 amide bonds. The van der Waals surface area contributed by atoms with Gasteiger partial charge in [0.05, 0.1) is 5.75 Å².